The van der Waals surface area contributed by atoms with Crippen LogP contribution in [-0.2, 0) is 0 Å². The maximum atomic E-state index is 3.94. The second-order valence-electron chi connectivity index (χ2n) is 7.85. The van der Waals surface area contributed by atoms with Crippen LogP contribution in [-0.4, -0.2) is 23.1 Å². The van der Waals surface area contributed by atoms with Gasteiger partial charge in [-0.15, -0.1) is 0 Å². The van der Waals surface area contributed by atoms with E-state index in [1.807, 2.05) is 0 Å². The molecular formula is C15H29NS. The molecule has 1 N–H and O–H groups in total. The first-order valence-corrected chi connectivity index (χ1v) is 8.18. The number of hydrogen-bond acceptors (Lipinski definition) is 2. The predicted octanol–water partition coefficient (Wildman–Crippen LogP) is 4.07. The maximum absolute atomic E-state index is 3.94. The molecule has 0 aromatic heterocycles. The Balaban J connectivity index is 1.92. The van der Waals surface area contributed by atoms with E-state index in [9.17, 15) is 0 Å². The minimum atomic E-state index is 0.511. The minimum absolute atomic E-state index is 0.511. The highest BCUT2D eigenvalue weighted by Crippen LogP contribution is 2.46. The lowest BCUT2D eigenvalue weighted by atomic mass is 9.63. The van der Waals surface area contributed by atoms with Crippen LogP contribution in [0.1, 0.15) is 60.3 Å². The van der Waals surface area contributed by atoms with Gasteiger partial charge in [0.1, 0.15) is 0 Å². The average Bonchev–Trinajstić information content (AvgIpc) is 2.44. The lowest BCUT2D eigenvalue weighted by molar-refractivity contribution is 0.0813. The van der Waals surface area contributed by atoms with Gasteiger partial charge >= 0.3 is 0 Å². The van der Waals surface area contributed by atoms with Gasteiger partial charge in [-0.3, -0.25) is 0 Å². The van der Waals surface area contributed by atoms with Gasteiger partial charge in [0.25, 0.3) is 0 Å². The molecule has 1 aliphatic heterocycles. The smallest absolute Gasteiger partial charge is 0.0171 e. The Morgan fingerprint density at radius 2 is 1.59 bits per heavy atom. The van der Waals surface area contributed by atoms with Crippen LogP contribution in [0.2, 0.25) is 0 Å². The molecule has 2 unspecified atom stereocenters. The number of nitrogens with one attached hydrogen (secondary N) is 1. The van der Waals surface area contributed by atoms with Gasteiger partial charge in [-0.25, -0.2) is 0 Å². The summed E-state index contributed by atoms with van der Waals surface area (Å²) in [6.07, 6.45) is 5.44. The van der Waals surface area contributed by atoms with E-state index in [1.165, 1.54) is 31.4 Å². The van der Waals surface area contributed by atoms with Crippen molar-refractivity contribution < 1.29 is 0 Å². The van der Waals surface area contributed by atoms with Crippen molar-refractivity contribution in [2.75, 3.05) is 5.75 Å². The minimum Gasteiger partial charge on any atom is -0.310 e. The molecule has 17 heavy (non-hydrogen) atoms. The van der Waals surface area contributed by atoms with Crippen molar-refractivity contribution in [2.24, 2.45) is 10.8 Å². The Kier molecular flexibility index (Phi) is 3.85. The summed E-state index contributed by atoms with van der Waals surface area (Å²) in [4.78, 5) is 0. The van der Waals surface area contributed by atoms with Gasteiger partial charge < -0.3 is 5.32 Å². The fraction of sp³-hybridized carbons (Fsp3) is 1.00. The van der Waals surface area contributed by atoms with Crippen LogP contribution >= 0.6 is 11.8 Å². The number of thioether (sulfide) groups is 1. The molecule has 1 nitrogen and oxygen atoms in total. The molecule has 1 aliphatic carbocycles. The lowest BCUT2D eigenvalue weighted by Gasteiger charge is -2.46. The molecule has 2 heteroatoms. The van der Waals surface area contributed by atoms with Crippen LogP contribution < -0.4 is 5.32 Å². The van der Waals surface area contributed by atoms with Crippen molar-refractivity contribution in [3.8, 4) is 0 Å². The predicted molar refractivity (Wildman–Crippen MR) is 78.7 cm³/mol. The van der Waals surface area contributed by atoms with Gasteiger partial charge in [-0.05, 0) is 36.5 Å². The fourth-order valence-corrected chi connectivity index (χ4v) is 5.39. The summed E-state index contributed by atoms with van der Waals surface area (Å²) >= 11 is 2.13. The fourth-order valence-electron chi connectivity index (χ4n) is 4.23. The molecule has 1 heterocycles. The van der Waals surface area contributed by atoms with Crippen molar-refractivity contribution in [3.63, 3.8) is 0 Å². The van der Waals surface area contributed by atoms with E-state index in [4.69, 9.17) is 0 Å². The molecule has 1 saturated carbocycles. The maximum Gasteiger partial charge on any atom is 0.0171 e. The Morgan fingerprint density at radius 1 is 1.00 bits per heavy atom. The molecule has 0 amide bonds. The first-order chi connectivity index (χ1) is 7.76. The zero-order valence-corrected chi connectivity index (χ0v) is 13.0. The summed E-state index contributed by atoms with van der Waals surface area (Å²) in [5, 5.41) is 4.80. The summed E-state index contributed by atoms with van der Waals surface area (Å²) in [6, 6.07) is 1.51. The summed E-state index contributed by atoms with van der Waals surface area (Å²) in [5.74, 6) is 1.32. The monoisotopic (exact) mass is 255 g/mol. The highest BCUT2D eigenvalue weighted by atomic mass is 32.2. The molecule has 0 aromatic rings. The largest absolute Gasteiger partial charge is 0.310 e. The normalized spacial score (nSPS) is 37.2. The topological polar surface area (TPSA) is 12.0 Å². The number of rotatable bonds is 2. The molecule has 0 aromatic carbocycles. The van der Waals surface area contributed by atoms with E-state index in [0.29, 0.717) is 10.8 Å². The second kappa shape index (κ2) is 4.77. The third kappa shape index (κ3) is 3.89. The molecule has 2 atom stereocenters. The Labute approximate surface area is 112 Å². The third-order valence-electron chi connectivity index (χ3n) is 4.22. The first-order valence-electron chi connectivity index (χ1n) is 7.13. The van der Waals surface area contributed by atoms with E-state index < -0.39 is 0 Å². The van der Waals surface area contributed by atoms with Gasteiger partial charge in [-0.1, -0.05) is 34.6 Å². The first kappa shape index (κ1) is 13.7. The zero-order valence-electron chi connectivity index (χ0n) is 12.2. The Morgan fingerprint density at radius 3 is 2.06 bits per heavy atom. The van der Waals surface area contributed by atoms with E-state index in [2.05, 4.69) is 51.7 Å². The second-order valence-corrected chi connectivity index (χ2v) is 9.33. The summed E-state index contributed by atoms with van der Waals surface area (Å²) in [5.41, 5.74) is 1.02. The highest BCUT2D eigenvalue weighted by Gasteiger charge is 2.39. The van der Waals surface area contributed by atoms with Crippen LogP contribution in [0.4, 0.5) is 0 Å². The molecule has 0 radical (unpaired) electrons. The highest BCUT2D eigenvalue weighted by molar-refractivity contribution is 8.00. The molecule has 2 fully saturated rings. The summed E-state index contributed by atoms with van der Waals surface area (Å²) in [7, 11) is 0. The van der Waals surface area contributed by atoms with Gasteiger partial charge in [0.05, 0.1) is 0 Å². The van der Waals surface area contributed by atoms with E-state index in [-0.39, 0.29) is 0 Å². The molecule has 0 bridgehead atoms. The van der Waals surface area contributed by atoms with Crippen LogP contribution in [0.5, 0.6) is 0 Å². The van der Waals surface area contributed by atoms with E-state index in [0.717, 1.165) is 17.3 Å². The summed E-state index contributed by atoms with van der Waals surface area (Å²) in [6.45, 7) is 12.1. The SMILES string of the molecule is CC1CC(NC2CC(C)(C)CC(C)(C)C2)CS1. The van der Waals surface area contributed by atoms with Crippen LogP contribution in [0.3, 0.4) is 0 Å². The quantitative estimate of drug-likeness (QED) is 0.798. The number of hydrogen-bond donors (Lipinski definition) is 1. The van der Waals surface area contributed by atoms with E-state index >= 15 is 0 Å². The molecular weight excluding hydrogens is 226 g/mol. The van der Waals surface area contributed by atoms with Crippen molar-refractivity contribution in [2.45, 2.75) is 77.6 Å². The van der Waals surface area contributed by atoms with Crippen molar-refractivity contribution in [1.82, 2.24) is 5.32 Å². The zero-order chi connectivity index (χ0) is 12.7. The molecule has 1 saturated heterocycles. The van der Waals surface area contributed by atoms with Crippen molar-refractivity contribution in [1.29, 1.82) is 0 Å². The lowest BCUT2D eigenvalue weighted by Crippen LogP contribution is -2.47. The van der Waals surface area contributed by atoms with Gasteiger partial charge in [0, 0.05) is 23.1 Å². The Bertz CT molecular complexity index is 256. The van der Waals surface area contributed by atoms with Crippen molar-refractivity contribution >= 4 is 11.8 Å². The molecule has 0 spiro atoms. The van der Waals surface area contributed by atoms with Crippen LogP contribution in [0.15, 0.2) is 0 Å². The third-order valence-corrected chi connectivity index (χ3v) is 5.58. The van der Waals surface area contributed by atoms with Crippen LogP contribution in [0, 0.1) is 10.8 Å². The van der Waals surface area contributed by atoms with Gasteiger partial charge in [0.2, 0.25) is 0 Å². The average molecular weight is 255 g/mol. The van der Waals surface area contributed by atoms with E-state index in [1.54, 1.807) is 0 Å². The van der Waals surface area contributed by atoms with Crippen LogP contribution in [0.25, 0.3) is 0 Å². The Hall–Kier alpha value is 0.310. The molecule has 100 valence electrons. The van der Waals surface area contributed by atoms with Gasteiger partial charge in [0.15, 0.2) is 0 Å². The van der Waals surface area contributed by atoms with Crippen molar-refractivity contribution in [3.05, 3.63) is 0 Å². The molecule has 2 aliphatic rings. The van der Waals surface area contributed by atoms with Gasteiger partial charge in [-0.2, -0.15) is 11.8 Å². The standard InChI is InChI=1S/C15H29NS/c1-11-6-12(9-17-11)16-13-7-14(2,3)10-15(4,5)8-13/h11-13,16H,6-10H2,1-5H3. The molecule has 2 rings (SSSR count). The summed E-state index contributed by atoms with van der Waals surface area (Å²) < 4.78 is 0.